The van der Waals surface area contributed by atoms with Gasteiger partial charge in [0.15, 0.2) is 5.13 Å². The summed E-state index contributed by atoms with van der Waals surface area (Å²) in [5.74, 6) is 0.701. The summed E-state index contributed by atoms with van der Waals surface area (Å²) >= 11 is 1.57. The second-order valence-corrected chi connectivity index (χ2v) is 6.99. The highest BCUT2D eigenvalue weighted by Crippen LogP contribution is 2.37. The van der Waals surface area contributed by atoms with Crippen LogP contribution < -0.4 is 10.1 Å². The van der Waals surface area contributed by atoms with Crippen LogP contribution in [0.3, 0.4) is 0 Å². The summed E-state index contributed by atoms with van der Waals surface area (Å²) in [6.07, 6.45) is 2.32. The van der Waals surface area contributed by atoms with Crippen molar-refractivity contribution in [3.05, 3.63) is 65.0 Å². The highest BCUT2D eigenvalue weighted by atomic mass is 32.1. The number of aromatic nitrogens is 1. The zero-order valence-electron chi connectivity index (χ0n) is 13.7. The van der Waals surface area contributed by atoms with E-state index in [0.717, 1.165) is 24.3 Å². The molecular weight excluding hydrogens is 332 g/mol. The molecule has 1 N–H and O–H groups in total. The van der Waals surface area contributed by atoms with E-state index in [1.165, 1.54) is 16.0 Å². The van der Waals surface area contributed by atoms with Gasteiger partial charge in [0.05, 0.1) is 18.7 Å². The molecule has 3 aromatic rings. The number of hydrogen-bond donors (Lipinski definition) is 1. The molecule has 1 aliphatic carbocycles. The summed E-state index contributed by atoms with van der Waals surface area (Å²) in [7, 11) is 0. The third-order valence-corrected chi connectivity index (χ3v) is 5.21. The minimum atomic E-state index is -0.0738. The molecule has 4 nitrogen and oxygen atoms in total. The van der Waals surface area contributed by atoms with Gasteiger partial charge in [-0.25, -0.2) is 4.98 Å². The van der Waals surface area contributed by atoms with E-state index in [9.17, 15) is 4.79 Å². The Hall–Kier alpha value is -2.66. The van der Waals surface area contributed by atoms with E-state index < -0.39 is 0 Å². The third kappa shape index (κ3) is 3.56. The number of anilines is 1. The standard InChI is InChI=1S/C20H18N2O2S/c23-18(12-13-24-15-7-2-1-3-8-15)21-20-22-19-16-9-5-4-6-14(16)10-11-17(19)25-20/h1-9H,10-13H2,(H,21,22,23). The van der Waals surface area contributed by atoms with E-state index in [-0.39, 0.29) is 5.91 Å². The summed E-state index contributed by atoms with van der Waals surface area (Å²) < 4.78 is 5.56. The highest BCUT2D eigenvalue weighted by Gasteiger charge is 2.21. The van der Waals surface area contributed by atoms with Gasteiger partial charge in [-0.15, -0.1) is 11.3 Å². The first kappa shape index (κ1) is 15.8. The molecule has 0 unspecified atom stereocenters. The molecule has 1 heterocycles. The number of para-hydroxylation sites is 1. The fraction of sp³-hybridized carbons (Fsp3) is 0.200. The normalized spacial score (nSPS) is 12.2. The molecule has 1 amide bonds. The number of thiazole rings is 1. The molecule has 0 radical (unpaired) electrons. The summed E-state index contributed by atoms with van der Waals surface area (Å²) in [6, 6.07) is 17.9. The molecule has 0 saturated carbocycles. The minimum absolute atomic E-state index is 0.0738. The molecule has 2 aromatic carbocycles. The number of fused-ring (bicyclic) bond motifs is 3. The number of nitrogens with one attached hydrogen (secondary N) is 1. The van der Waals surface area contributed by atoms with Crippen LogP contribution >= 0.6 is 11.3 Å². The Kier molecular flexibility index (Phi) is 4.48. The lowest BCUT2D eigenvalue weighted by atomic mass is 9.94. The van der Waals surface area contributed by atoms with E-state index in [2.05, 4.69) is 28.5 Å². The van der Waals surface area contributed by atoms with Crippen LogP contribution in [0.5, 0.6) is 5.75 Å². The van der Waals surface area contributed by atoms with Crippen LogP contribution in [0, 0.1) is 0 Å². The number of hydrogen-bond acceptors (Lipinski definition) is 4. The number of rotatable bonds is 5. The Bertz CT molecular complexity index is 890. The van der Waals surface area contributed by atoms with Gasteiger partial charge in [-0.3, -0.25) is 4.79 Å². The van der Waals surface area contributed by atoms with Crippen LogP contribution in [0.25, 0.3) is 11.3 Å². The molecule has 5 heteroatoms. The maximum Gasteiger partial charge on any atom is 0.229 e. The molecular formula is C20H18N2O2S. The summed E-state index contributed by atoms with van der Waals surface area (Å²) in [4.78, 5) is 18.0. The Morgan fingerprint density at radius 3 is 2.76 bits per heavy atom. The zero-order chi connectivity index (χ0) is 17.1. The van der Waals surface area contributed by atoms with E-state index in [0.29, 0.717) is 18.2 Å². The van der Waals surface area contributed by atoms with Crippen LogP contribution in [-0.4, -0.2) is 17.5 Å². The fourth-order valence-electron chi connectivity index (χ4n) is 2.96. The van der Waals surface area contributed by atoms with Crippen molar-refractivity contribution in [1.82, 2.24) is 4.98 Å². The molecule has 1 aliphatic rings. The molecule has 0 saturated heterocycles. The van der Waals surface area contributed by atoms with Crippen molar-refractivity contribution in [2.45, 2.75) is 19.3 Å². The molecule has 0 bridgehead atoms. The zero-order valence-corrected chi connectivity index (χ0v) is 14.5. The number of ether oxygens (including phenoxy) is 1. The highest BCUT2D eigenvalue weighted by molar-refractivity contribution is 7.16. The monoisotopic (exact) mass is 350 g/mol. The second-order valence-electron chi connectivity index (χ2n) is 5.91. The topological polar surface area (TPSA) is 51.2 Å². The molecule has 126 valence electrons. The van der Waals surface area contributed by atoms with Crippen molar-refractivity contribution in [1.29, 1.82) is 0 Å². The lowest BCUT2D eigenvalue weighted by molar-refractivity contribution is -0.116. The largest absolute Gasteiger partial charge is 0.493 e. The van der Waals surface area contributed by atoms with Crippen LogP contribution in [0.15, 0.2) is 54.6 Å². The summed E-state index contributed by atoms with van der Waals surface area (Å²) in [5.41, 5.74) is 3.53. The Balaban J connectivity index is 1.38. The van der Waals surface area contributed by atoms with Crippen LogP contribution in [0.2, 0.25) is 0 Å². The van der Waals surface area contributed by atoms with E-state index in [1.807, 2.05) is 36.4 Å². The van der Waals surface area contributed by atoms with Crippen LogP contribution in [0.1, 0.15) is 16.9 Å². The number of aryl methyl sites for hydroxylation is 2. The van der Waals surface area contributed by atoms with Crippen molar-refractivity contribution >= 4 is 22.4 Å². The van der Waals surface area contributed by atoms with Gasteiger partial charge in [-0.05, 0) is 30.5 Å². The van der Waals surface area contributed by atoms with Crippen molar-refractivity contribution in [3.8, 4) is 17.0 Å². The van der Waals surface area contributed by atoms with Crippen LogP contribution in [0.4, 0.5) is 5.13 Å². The van der Waals surface area contributed by atoms with Crippen molar-refractivity contribution < 1.29 is 9.53 Å². The summed E-state index contributed by atoms with van der Waals surface area (Å²) in [5, 5.41) is 3.58. The Morgan fingerprint density at radius 2 is 1.88 bits per heavy atom. The van der Waals surface area contributed by atoms with Gasteiger partial charge in [-0.1, -0.05) is 42.5 Å². The molecule has 0 atom stereocenters. The summed E-state index contributed by atoms with van der Waals surface area (Å²) in [6.45, 7) is 0.351. The first-order valence-electron chi connectivity index (χ1n) is 8.35. The van der Waals surface area contributed by atoms with Crippen molar-refractivity contribution in [2.24, 2.45) is 0 Å². The molecule has 0 fully saturated rings. The van der Waals surface area contributed by atoms with Gasteiger partial charge in [0, 0.05) is 10.4 Å². The Morgan fingerprint density at radius 1 is 1.08 bits per heavy atom. The number of carbonyl (C=O) groups excluding carboxylic acids is 1. The molecule has 1 aromatic heterocycles. The lowest BCUT2D eigenvalue weighted by Gasteiger charge is -2.13. The molecule has 0 spiro atoms. The number of amides is 1. The van der Waals surface area contributed by atoms with Crippen molar-refractivity contribution in [2.75, 3.05) is 11.9 Å². The van der Waals surface area contributed by atoms with Gasteiger partial charge in [0.2, 0.25) is 5.91 Å². The first-order valence-corrected chi connectivity index (χ1v) is 9.17. The average molecular weight is 350 g/mol. The number of carbonyl (C=O) groups is 1. The predicted octanol–water partition coefficient (Wildman–Crippen LogP) is 4.32. The minimum Gasteiger partial charge on any atom is -0.493 e. The number of nitrogens with zero attached hydrogens (tertiary/aromatic N) is 1. The maximum absolute atomic E-state index is 12.1. The lowest BCUT2D eigenvalue weighted by Crippen LogP contribution is -2.15. The average Bonchev–Trinajstić information content (AvgIpc) is 3.05. The van der Waals surface area contributed by atoms with Crippen molar-refractivity contribution in [3.63, 3.8) is 0 Å². The molecule has 25 heavy (non-hydrogen) atoms. The molecule has 0 aliphatic heterocycles. The maximum atomic E-state index is 12.1. The van der Waals surface area contributed by atoms with Gasteiger partial charge in [0.1, 0.15) is 5.75 Å². The quantitative estimate of drug-likeness (QED) is 0.746. The Labute approximate surface area is 150 Å². The van der Waals surface area contributed by atoms with E-state index in [4.69, 9.17) is 4.74 Å². The van der Waals surface area contributed by atoms with Crippen LogP contribution in [-0.2, 0) is 17.6 Å². The first-order chi connectivity index (χ1) is 12.3. The van der Waals surface area contributed by atoms with Gasteiger partial charge in [0.25, 0.3) is 0 Å². The molecule has 4 rings (SSSR count). The van der Waals surface area contributed by atoms with E-state index >= 15 is 0 Å². The van der Waals surface area contributed by atoms with Gasteiger partial charge >= 0.3 is 0 Å². The van der Waals surface area contributed by atoms with E-state index in [1.54, 1.807) is 11.3 Å². The van der Waals surface area contributed by atoms with Gasteiger partial charge in [-0.2, -0.15) is 0 Å². The van der Waals surface area contributed by atoms with Gasteiger partial charge < -0.3 is 10.1 Å². The smallest absolute Gasteiger partial charge is 0.229 e. The number of benzene rings is 2. The third-order valence-electron chi connectivity index (χ3n) is 4.18. The predicted molar refractivity (Wildman–Crippen MR) is 100 cm³/mol. The SMILES string of the molecule is O=C(CCOc1ccccc1)Nc1nc2c(s1)CCc1ccccc1-2. The fourth-order valence-corrected chi connectivity index (χ4v) is 3.95. The second kappa shape index (κ2) is 7.07.